The Bertz CT molecular complexity index is 925. The molecule has 0 bridgehead atoms. The Kier molecular flexibility index (Phi) is 6.13. The third-order valence-corrected chi connectivity index (χ3v) is 4.88. The number of para-hydroxylation sites is 1. The highest BCUT2D eigenvalue weighted by Gasteiger charge is 2.14. The lowest BCUT2D eigenvalue weighted by Crippen LogP contribution is -2.27. The maximum atomic E-state index is 12.6. The SMILES string of the molecule is COc1cc(Br)c(CCNC(=O)c2cncn2-c2ccccc2)cc1OC. The predicted octanol–water partition coefficient (Wildman–Crippen LogP) is 3.62. The summed E-state index contributed by atoms with van der Waals surface area (Å²) in [5, 5.41) is 2.94. The van der Waals surface area contributed by atoms with Gasteiger partial charge in [0, 0.05) is 16.7 Å². The Labute approximate surface area is 166 Å². The van der Waals surface area contributed by atoms with E-state index in [0.717, 1.165) is 15.7 Å². The number of aromatic nitrogens is 2. The molecule has 0 atom stereocenters. The fourth-order valence-corrected chi connectivity index (χ4v) is 3.27. The number of imidazole rings is 1. The van der Waals surface area contributed by atoms with Crippen molar-refractivity contribution >= 4 is 21.8 Å². The zero-order chi connectivity index (χ0) is 19.2. The molecule has 3 rings (SSSR count). The van der Waals surface area contributed by atoms with Gasteiger partial charge in [0.15, 0.2) is 11.5 Å². The topological polar surface area (TPSA) is 65.4 Å². The van der Waals surface area contributed by atoms with E-state index in [4.69, 9.17) is 9.47 Å². The summed E-state index contributed by atoms with van der Waals surface area (Å²) in [6.45, 7) is 0.479. The lowest BCUT2D eigenvalue weighted by atomic mass is 10.1. The van der Waals surface area contributed by atoms with Gasteiger partial charge in [-0.2, -0.15) is 0 Å². The average molecular weight is 430 g/mol. The molecule has 3 aromatic rings. The van der Waals surface area contributed by atoms with Crippen molar-refractivity contribution in [3.63, 3.8) is 0 Å². The molecular weight excluding hydrogens is 410 g/mol. The summed E-state index contributed by atoms with van der Waals surface area (Å²) in [6.07, 6.45) is 3.84. The molecule has 6 nitrogen and oxygen atoms in total. The highest BCUT2D eigenvalue weighted by molar-refractivity contribution is 9.10. The van der Waals surface area contributed by atoms with Crippen molar-refractivity contribution in [2.45, 2.75) is 6.42 Å². The first-order valence-electron chi connectivity index (χ1n) is 8.40. The van der Waals surface area contributed by atoms with Crippen LogP contribution >= 0.6 is 15.9 Å². The minimum absolute atomic E-state index is 0.173. The molecule has 0 aliphatic rings. The van der Waals surface area contributed by atoms with E-state index in [-0.39, 0.29) is 5.91 Å². The Morgan fingerprint density at radius 2 is 1.85 bits per heavy atom. The number of amides is 1. The zero-order valence-electron chi connectivity index (χ0n) is 15.1. The van der Waals surface area contributed by atoms with E-state index in [1.165, 1.54) is 0 Å². The molecule has 27 heavy (non-hydrogen) atoms. The summed E-state index contributed by atoms with van der Waals surface area (Å²) < 4.78 is 13.3. The van der Waals surface area contributed by atoms with Crippen LogP contribution in [0, 0.1) is 0 Å². The molecule has 0 unspecified atom stereocenters. The van der Waals surface area contributed by atoms with Crippen LogP contribution in [0.2, 0.25) is 0 Å². The van der Waals surface area contributed by atoms with Crippen LogP contribution in [0.5, 0.6) is 11.5 Å². The van der Waals surface area contributed by atoms with Crippen LogP contribution in [0.4, 0.5) is 0 Å². The molecule has 1 N–H and O–H groups in total. The summed E-state index contributed by atoms with van der Waals surface area (Å²) in [4.78, 5) is 16.7. The second kappa shape index (κ2) is 8.73. The number of carbonyl (C=O) groups is 1. The van der Waals surface area contributed by atoms with Gasteiger partial charge in [-0.3, -0.25) is 9.36 Å². The first-order valence-corrected chi connectivity index (χ1v) is 9.19. The van der Waals surface area contributed by atoms with Crippen LogP contribution in [-0.4, -0.2) is 36.2 Å². The van der Waals surface area contributed by atoms with Crippen LogP contribution in [0.15, 0.2) is 59.5 Å². The van der Waals surface area contributed by atoms with Crippen molar-refractivity contribution in [2.24, 2.45) is 0 Å². The van der Waals surface area contributed by atoms with E-state index in [2.05, 4.69) is 26.2 Å². The van der Waals surface area contributed by atoms with E-state index in [1.807, 2.05) is 42.5 Å². The quantitative estimate of drug-likeness (QED) is 0.622. The van der Waals surface area contributed by atoms with Crippen molar-refractivity contribution in [3.8, 4) is 17.2 Å². The van der Waals surface area contributed by atoms with Crippen LogP contribution in [-0.2, 0) is 6.42 Å². The monoisotopic (exact) mass is 429 g/mol. The molecule has 7 heteroatoms. The molecule has 0 fully saturated rings. The number of methoxy groups -OCH3 is 2. The molecule has 1 heterocycles. The number of nitrogens with zero attached hydrogens (tertiary/aromatic N) is 2. The van der Waals surface area contributed by atoms with Crippen molar-refractivity contribution in [2.75, 3.05) is 20.8 Å². The number of ether oxygens (including phenoxy) is 2. The number of halogens is 1. The molecule has 1 amide bonds. The lowest BCUT2D eigenvalue weighted by molar-refractivity contribution is 0.0947. The summed E-state index contributed by atoms with van der Waals surface area (Å²) in [5.74, 6) is 1.14. The molecule has 0 saturated heterocycles. The van der Waals surface area contributed by atoms with Crippen molar-refractivity contribution in [3.05, 3.63) is 70.7 Å². The summed E-state index contributed by atoms with van der Waals surface area (Å²) in [7, 11) is 3.20. The zero-order valence-corrected chi connectivity index (χ0v) is 16.7. The molecule has 2 aromatic carbocycles. The van der Waals surface area contributed by atoms with Gasteiger partial charge in [-0.25, -0.2) is 4.98 Å². The number of hydrogen-bond donors (Lipinski definition) is 1. The van der Waals surface area contributed by atoms with E-state index in [0.29, 0.717) is 30.2 Å². The first kappa shape index (κ1) is 19.0. The maximum absolute atomic E-state index is 12.6. The van der Waals surface area contributed by atoms with Gasteiger partial charge in [0.05, 0.1) is 26.7 Å². The Balaban J connectivity index is 1.67. The van der Waals surface area contributed by atoms with Crippen LogP contribution in [0.25, 0.3) is 5.69 Å². The van der Waals surface area contributed by atoms with Gasteiger partial charge in [0.2, 0.25) is 0 Å². The van der Waals surface area contributed by atoms with Gasteiger partial charge >= 0.3 is 0 Å². The van der Waals surface area contributed by atoms with E-state index >= 15 is 0 Å². The van der Waals surface area contributed by atoms with Crippen LogP contribution in [0.1, 0.15) is 16.1 Å². The number of nitrogens with one attached hydrogen (secondary N) is 1. The Morgan fingerprint density at radius 1 is 1.15 bits per heavy atom. The van der Waals surface area contributed by atoms with Crippen molar-refractivity contribution in [1.29, 1.82) is 0 Å². The lowest BCUT2D eigenvalue weighted by Gasteiger charge is -2.13. The van der Waals surface area contributed by atoms with Gasteiger partial charge in [0.25, 0.3) is 5.91 Å². The van der Waals surface area contributed by atoms with Gasteiger partial charge in [0.1, 0.15) is 5.69 Å². The third kappa shape index (κ3) is 4.31. The highest BCUT2D eigenvalue weighted by Crippen LogP contribution is 2.33. The highest BCUT2D eigenvalue weighted by atomic mass is 79.9. The third-order valence-electron chi connectivity index (χ3n) is 4.14. The number of carbonyl (C=O) groups excluding carboxylic acids is 1. The minimum atomic E-state index is -0.173. The molecule has 1 aromatic heterocycles. The van der Waals surface area contributed by atoms with Gasteiger partial charge in [-0.1, -0.05) is 34.1 Å². The van der Waals surface area contributed by atoms with E-state index in [9.17, 15) is 4.79 Å². The normalized spacial score (nSPS) is 10.5. The molecule has 0 radical (unpaired) electrons. The Morgan fingerprint density at radius 3 is 2.56 bits per heavy atom. The minimum Gasteiger partial charge on any atom is -0.493 e. The molecule has 0 aliphatic heterocycles. The number of hydrogen-bond acceptors (Lipinski definition) is 4. The summed E-state index contributed by atoms with van der Waals surface area (Å²) in [5.41, 5.74) is 2.40. The largest absolute Gasteiger partial charge is 0.493 e. The van der Waals surface area contributed by atoms with Gasteiger partial charge < -0.3 is 14.8 Å². The van der Waals surface area contributed by atoms with Crippen LogP contribution in [0.3, 0.4) is 0 Å². The second-order valence-corrected chi connectivity index (χ2v) is 6.64. The molecule has 0 saturated carbocycles. The second-order valence-electron chi connectivity index (χ2n) is 5.79. The molecular formula is C20H20BrN3O3. The summed E-state index contributed by atoms with van der Waals surface area (Å²) >= 11 is 3.54. The summed E-state index contributed by atoms with van der Waals surface area (Å²) in [6, 6.07) is 13.4. The maximum Gasteiger partial charge on any atom is 0.269 e. The molecule has 0 spiro atoms. The van der Waals surface area contributed by atoms with Crippen molar-refractivity contribution < 1.29 is 14.3 Å². The molecule has 140 valence electrons. The van der Waals surface area contributed by atoms with Crippen molar-refractivity contribution in [1.82, 2.24) is 14.9 Å². The Hall–Kier alpha value is -2.80. The number of rotatable bonds is 7. The van der Waals surface area contributed by atoms with Gasteiger partial charge in [-0.05, 0) is 36.2 Å². The first-order chi connectivity index (χ1) is 13.1. The fourth-order valence-electron chi connectivity index (χ4n) is 2.75. The smallest absolute Gasteiger partial charge is 0.269 e. The van der Waals surface area contributed by atoms with E-state index < -0.39 is 0 Å². The standard InChI is InChI=1S/C20H20BrN3O3/c1-26-18-10-14(16(21)11-19(18)27-2)8-9-23-20(25)17-12-22-13-24(17)15-6-4-3-5-7-15/h3-7,10-13H,8-9H2,1-2H3,(H,23,25). The number of benzene rings is 2. The van der Waals surface area contributed by atoms with E-state index in [1.54, 1.807) is 31.3 Å². The van der Waals surface area contributed by atoms with Crippen LogP contribution < -0.4 is 14.8 Å². The fraction of sp³-hybridized carbons (Fsp3) is 0.200. The molecule has 0 aliphatic carbocycles. The van der Waals surface area contributed by atoms with Gasteiger partial charge in [-0.15, -0.1) is 0 Å². The predicted molar refractivity (Wildman–Crippen MR) is 107 cm³/mol. The average Bonchev–Trinajstić information content (AvgIpc) is 3.19.